The second kappa shape index (κ2) is 4.98. The number of nitro benzene ring substituents is 1. The second-order valence-electron chi connectivity index (χ2n) is 6.16. The Morgan fingerprint density at radius 2 is 2.14 bits per heavy atom. The van der Waals surface area contributed by atoms with Crippen molar-refractivity contribution in [2.75, 3.05) is 11.9 Å². The Bertz CT molecular complexity index is 693. The van der Waals surface area contributed by atoms with Gasteiger partial charge in [0.1, 0.15) is 5.52 Å². The van der Waals surface area contributed by atoms with Gasteiger partial charge in [0.25, 0.3) is 5.69 Å². The van der Waals surface area contributed by atoms with Crippen molar-refractivity contribution < 1.29 is 4.92 Å². The summed E-state index contributed by atoms with van der Waals surface area (Å²) in [7, 11) is 0. The molecule has 1 saturated carbocycles. The minimum absolute atomic E-state index is 0.0566. The number of hydrogen-bond acceptors (Lipinski definition) is 4. The molecule has 0 unspecified atom stereocenters. The Kier molecular flexibility index (Phi) is 3.27. The summed E-state index contributed by atoms with van der Waals surface area (Å²) in [5, 5.41) is 15.4. The highest BCUT2D eigenvalue weighted by molar-refractivity contribution is 5.96. The monoisotopic (exact) mass is 285 g/mol. The molecule has 5 nitrogen and oxygen atoms in total. The molecule has 0 atom stereocenters. The highest BCUT2D eigenvalue weighted by Crippen LogP contribution is 2.51. The molecule has 110 valence electrons. The number of pyridine rings is 1. The molecule has 1 aromatic carbocycles. The number of fused-ring (bicyclic) bond motifs is 1. The molecule has 0 bridgehead atoms. The summed E-state index contributed by atoms with van der Waals surface area (Å²) in [4.78, 5) is 14.9. The molecule has 1 fully saturated rings. The van der Waals surface area contributed by atoms with Crippen LogP contribution in [0.5, 0.6) is 0 Å². The van der Waals surface area contributed by atoms with Crippen molar-refractivity contribution in [2.45, 2.75) is 26.7 Å². The van der Waals surface area contributed by atoms with Crippen molar-refractivity contribution in [1.29, 1.82) is 0 Å². The Labute approximate surface area is 123 Å². The molecule has 0 aliphatic heterocycles. The smallest absolute Gasteiger partial charge is 0.295 e. The second-order valence-corrected chi connectivity index (χ2v) is 6.16. The van der Waals surface area contributed by atoms with E-state index in [-0.39, 0.29) is 10.6 Å². The number of hydrogen-bond donors (Lipinski definition) is 1. The van der Waals surface area contributed by atoms with E-state index in [0.717, 1.165) is 17.6 Å². The van der Waals surface area contributed by atoms with E-state index in [1.165, 1.54) is 18.9 Å². The summed E-state index contributed by atoms with van der Waals surface area (Å²) in [5.41, 5.74) is 1.81. The first-order chi connectivity index (χ1) is 10.0. The zero-order chi connectivity index (χ0) is 15.0. The highest BCUT2D eigenvalue weighted by Gasteiger charge is 2.44. The van der Waals surface area contributed by atoms with Crippen LogP contribution in [0.15, 0.2) is 30.5 Å². The maximum absolute atomic E-state index is 11.1. The quantitative estimate of drug-likeness (QED) is 0.666. The van der Waals surface area contributed by atoms with Gasteiger partial charge in [0.2, 0.25) is 0 Å². The molecule has 0 saturated heterocycles. The lowest BCUT2D eigenvalue weighted by molar-refractivity contribution is -0.383. The summed E-state index contributed by atoms with van der Waals surface area (Å²) in [6.07, 6.45) is 4.09. The zero-order valence-corrected chi connectivity index (χ0v) is 12.3. The first kappa shape index (κ1) is 13.8. The number of aromatic nitrogens is 1. The van der Waals surface area contributed by atoms with Crippen LogP contribution in [0.3, 0.4) is 0 Å². The first-order valence-electron chi connectivity index (χ1n) is 7.29. The molecule has 1 heterocycles. The predicted octanol–water partition coefficient (Wildman–Crippen LogP) is 3.99. The van der Waals surface area contributed by atoms with E-state index in [1.54, 1.807) is 12.3 Å². The third-order valence-electron chi connectivity index (χ3n) is 4.69. The van der Waals surface area contributed by atoms with E-state index < -0.39 is 0 Å². The van der Waals surface area contributed by atoms with Crippen LogP contribution in [0.2, 0.25) is 0 Å². The average Bonchev–Trinajstić information content (AvgIpc) is 3.25. The van der Waals surface area contributed by atoms with Crippen LogP contribution in [0.25, 0.3) is 10.9 Å². The Morgan fingerprint density at radius 3 is 2.76 bits per heavy atom. The molecule has 0 spiro atoms. The van der Waals surface area contributed by atoms with Gasteiger partial charge in [-0.05, 0) is 42.4 Å². The maximum atomic E-state index is 11.1. The number of nitrogens with zero attached hydrogens (tertiary/aromatic N) is 2. The summed E-state index contributed by atoms with van der Waals surface area (Å²) >= 11 is 0. The highest BCUT2D eigenvalue weighted by atomic mass is 16.6. The third kappa shape index (κ3) is 2.44. The van der Waals surface area contributed by atoms with Crippen molar-refractivity contribution in [3.63, 3.8) is 0 Å². The first-order valence-corrected chi connectivity index (χ1v) is 7.29. The lowest BCUT2D eigenvalue weighted by atomic mass is 9.92. The number of benzene rings is 1. The van der Waals surface area contributed by atoms with Gasteiger partial charge >= 0.3 is 0 Å². The SMILES string of the molecule is CC(C)C1(CNc2ccc([N+](=O)[O-])c3ncccc23)CC1. The van der Waals surface area contributed by atoms with Crippen molar-refractivity contribution in [1.82, 2.24) is 4.98 Å². The lowest BCUT2D eigenvalue weighted by Gasteiger charge is -2.21. The van der Waals surface area contributed by atoms with Gasteiger partial charge < -0.3 is 5.32 Å². The van der Waals surface area contributed by atoms with Gasteiger partial charge in [-0.25, -0.2) is 4.98 Å². The number of non-ortho nitro benzene ring substituents is 1. The van der Waals surface area contributed by atoms with E-state index in [9.17, 15) is 10.1 Å². The number of nitrogens with one attached hydrogen (secondary N) is 1. The molecule has 1 aliphatic carbocycles. The van der Waals surface area contributed by atoms with Crippen LogP contribution in [0.1, 0.15) is 26.7 Å². The van der Waals surface area contributed by atoms with Gasteiger partial charge in [0, 0.05) is 29.9 Å². The van der Waals surface area contributed by atoms with E-state index in [4.69, 9.17) is 0 Å². The summed E-state index contributed by atoms with van der Waals surface area (Å²) < 4.78 is 0. The minimum Gasteiger partial charge on any atom is -0.384 e. The van der Waals surface area contributed by atoms with E-state index in [2.05, 4.69) is 24.1 Å². The average molecular weight is 285 g/mol. The van der Waals surface area contributed by atoms with Crippen LogP contribution in [0.4, 0.5) is 11.4 Å². The standard InChI is InChI=1S/C16H19N3O2/c1-11(2)16(7-8-16)10-18-13-5-6-14(19(20)21)15-12(13)4-3-9-17-15/h3-6,9,11,18H,7-8,10H2,1-2H3. The van der Waals surface area contributed by atoms with Gasteiger partial charge in [-0.2, -0.15) is 0 Å². The Morgan fingerprint density at radius 1 is 1.38 bits per heavy atom. The van der Waals surface area contributed by atoms with Gasteiger partial charge in [0.05, 0.1) is 4.92 Å². The van der Waals surface area contributed by atoms with Crippen LogP contribution in [-0.4, -0.2) is 16.5 Å². The van der Waals surface area contributed by atoms with Crippen molar-refractivity contribution in [3.8, 4) is 0 Å². The van der Waals surface area contributed by atoms with Crippen LogP contribution >= 0.6 is 0 Å². The third-order valence-corrected chi connectivity index (χ3v) is 4.69. The van der Waals surface area contributed by atoms with Crippen molar-refractivity contribution in [2.24, 2.45) is 11.3 Å². The summed E-state index contributed by atoms with van der Waals surface area (Å²) in [5.74, 6) is 0.646. The van der Waals surface area contributed by atoms with Gasteiger partial charge in [-0.1, -0.05) is 13.8 Å². The number of anilines is 1. The Hall–Kier alpha value is -2.17. The van der Waals surface area contributed by atoms with E-state index in [1.807, 2.05) is 12.1 Å². The molecule has 0 amide bonds. The molecule has 1 aromatic heterocycles. The van der Waals surface area contributed by atoms with E-state index in [0.29, 0.717) is 16.8 Å². The lowest BCUT2D eigenvalue weighted by Crippen LogP contribution is -2.21. The largest absolute Gasteiger partial charge is 0.384 e. The zero-order valence-electron chi connectivity index (χ0n) is 12.3. The van der Waals surface area contributed by atoms with E-state index >= 15 is 0 Å². The molecule has 2 aromatic rings. The molecule has 21 heavy (non-hydrogen) atoms. The fraction of sp³-hybridized carbons (Fsp3) is 0.438. The summed E-state index contributed by atoms with van der Waals surface area (Å²) in [6, 6.07) is 7.02. The normalized spacial score (nSPS) is 16.1. The molecule has 3 rings (SSSR count). The fourth-order valence-electron chi connectivity index (χ4n) is 2.85. The molecular formula is C16H19N3O2. The predicted molar refractivity (Wildman–Crippen MR) is 83.4 cm³/mol. The van der Waals surface area contributed by atoms with Crippen LogP contribution in [-0.2, 0) is 0 Å². The fourth-order valence-corrected chi connectivity index (χ4v) is 2.85. The molecule has 0 radical (unpaired) electrons. The topological polar surface area (TPSA) is 68.1 Å². The van der Waals surface area contributed by atoms with Crippen LogP contribution in [0, 0.1) is 21.4 Å². The van der Waals surface area contributed by atoms with Gasteiger partial charge in [-0.3, -0.25) is 10.1 Å². The van der Waals surface area contributed by atoms with Crippen molar-refractivity contribution >= 4 is 22.3 Å². The van der Waals surface area contributed by atoms with Crippen LogP contribution < -0.4 is 5.32 Å². The summed E-state index contributed by atoms with van der Waals surface area (Å²) in [6.45, 7) is 5.42. The molecule has 1 aliphatic rings. The van der Waals surface area contributed by atoms with Gasteiger partial charge in [-0.15, -0.1) is 0 Å². The number of nitro groups is 1. The molecular weight excluding hydrogens is 266 g/mol. The van der Waals surface area contributed by atoms with Crippen molar-refractivity contribution in [3.05, 3.63) is 40.6 Å². The minimum atomic E-state index is -0.379. The Balaban J connectivity index is 1.93. The number of rotatable bonds is 5. The molecule has 5 heteroatoms. The van der Waals surface area contributed by atoms with Gasteiger partial charge in [0.15, 0.2) is 0 Å². The molecule has 1 N–H and O–H groups in total. The maximum Gasteiger partial charge on any atom is 0.295 e.